The molecule has 2 aromatic rings. The van der Waals surface area contributed by atoms with Crippen LogP contribution in [0.5, 0.6) is 5.75 Å². The minimum atomic E-state index is -0.728. The second-order valence-electron chi connectivity index (χ2n) is 3.92. The van der Waals surface area contributed by atoms with Gasteiger partial charge in [0.2, 0.25) is 0 Å². The molecule has 0 radical (unpaired) electrons. The highest BCUT2D eigenvalue weighted by atomic mass is 32.2. The second-order valence-corrected chi connectivity index (χ2v) is 5.36. The summed E-state index contributed by atoms with van der Waals surface area (Å²) in [5.41, 5.74) is 1.90. The Morgan fingerprint density at radius 2 is 1.89 bits per heavy atom. The molecular weight excluding hydrogens is 244 g/mol. The van der Waals surface area contributed by atoms with E-state index in [1.807, 2.05) is 48.5 Å². The molecule has 0 amide bonds. The maximum atomic E-state index is 8.32. The molecule has 0 spiro atoms. The number of rotatable bonds is 2. The molecule has 2 aromatic carbocycles. The number of hydrogen-bond acceptors (Lipinski definition) is 3. The first-order valence-corrected chi connectivity index (χ1v) is 6.80. The molecule has 1 N–H and O–H groups in total. The zero-order valence-corrected chi connectivity index (χ0v) is 10.7. The zero-order valence-electron chi connectivity index (χ0n) is 9.88. The van der Waals surface area contributed by atoms with Crippen LogP contribution in [-0.4, -0.2) is 12.2 Å². The molecular formula is C14H12N2OS. The van der Waals surface area contributed by atoms with Crippen LogP contribution < -0.4 is 4.74 Å². The lowest BCUT2D eigenvalue weighted by molar-refractivity contribution is 0.414. The molecule has 1 atom stereocenters. The Bertz CT molecular complexity index is 650. The monoisotopic (exact) mass is 256 g/mol. The first kappa shape index (κ1) is 11.2. The van der Waals surface area contributed by atoms with Gasteiger partial charge in [0, 0.05) is 5.56 Å². The van der Waals surface area contributed by atoms with Gasteiger partial charge in [0.1, 0.15) is 10.8 Å². The highest BCUT2D eigenvalue weighted by molar-refractivity contribution is 8.02. The van der Waals surface area contributed by atoms with E-state index in [2.05, 4.69) is 4.99 Å². The van der Waals surface area contributed by atoms with Crippen LogP contribution in [-0.2, 0) is 10.7 Å². The minimum absolute atomic E-state index is 0.728. The SMILES string of the molecule is COc1ccc2c(c1)S(=N)C(c1ccccc1)=N2. The molecule has 0 saturated carbocycles. The van der Waals surface area contributed by atoms with Crippen molar-refractivity contribution in [1.82, 2.24) is 0 Å². The Hall–Kier alpha value is -1.94. The van der Waals surface area contributed by atoms with E-state index in [4.69, 9.17) is 9.52 Å². The van der Waals surface area contributed by atoms with Crippen LogP contribution in [0.15, 0.2) is 58.4 Å². The molecule has 4 heteroatoms. The van der Waals surface area contributed by atoms with Crippen LogP contribution in [0.4, 0.5) is 5.69 Å². The van der Waals surface area contributed by atoms with E-state index >= 15 is 0 Å². The smallest absolute Gasteiger partial charge is 0.120 e. The Kier molecular flexibility index (Phi) is 2.72. The Labute approximate surface area is 108 Å². The lowest BCUT2D eigenvalue weighted by Crippen LogP contribution is -2.03. The quantitative estimate of drug-likeness (QED) is 0.877. The van der Waals surface area contributed by atoms with Crippen LogP contribution in [0.3, 0.4) is 0 Å². The van der Waals surface area contributed by atoms with Gasteiger partial charge in [-0.1, -0.05) is 30.3 Å². The molecule has 18 heavy (non-hydrogen) atoms. The second kappa shape index (κ2) is 4.38. The molecule has 1 aliphatic rings. The van der Waals surface area contributed by atoms with Crippen molar-refractivity contribution in [3.8, 4) is 5.75 Å². The van der Waals surface area contributed by atoms with Gasteiger partial charge < -0.3 is 4.74 Å². The van der Waals surface area contributed by atoms with Crippen molar-refractivity contribution < 1.29 is 4.74 Å². The normalized spacial score (nSPS) is 17.2. The number of nitrogens with one attached hydrogen (secondary N) is 1. The maximum absolute atomic E-state index is 8.32. The van der Waals surface area contributed by atoms with E-state index in [0.29, 0.717) is 0 Å². The van der Waals surface area contributed by atoms with Crippen molar-refractivity contribution in [1.29, 1.82) is 4.78 Å². The summed E-state index contributed by atoms with van der Waals surface area (Å²) < 4.78 is 13.5. The maximum Gasteiger partial charge on any atom is 0.120 e. The van der Waals surface area contributed by atoms with Crippen molar-refractivity contribution in [2.24, 2.45) is 4.99 Å². The molecule has 1 unspecified atom stereocenters. The van der Waals surface area contributed by atoms with E-state index in [0.717, 1.165) is 26.9 Å². The van der Waals surface area contributed by atoms with Crippen molar-refractivity contribution in [3.05, 3.63) is 54.1 Å². The number of hydrogen-bond donors (Lipinski definition) is 1. The van der Waals surface area contributed by atoms with E-state index in [1.165, 1.54) is 0 Å². The van der Waals surface area contributed by atoms with E-state index < -0.39 is 10.7 Å². The van der Waals surface area contributed by atoms with Gasteiger partial charge in [-0.25, -0.2) is 4.99 Å². The molecule has 1 heterocycles. The van der Waals surface area contributed by atoms with Crippen molar-refractivity contribution in [2.45, 2.75) is 4.90 Å². The van der Waals surface area contributed by atoms with Gasteiger partial charge in [-0.2, -0.15) is 0 Å². The molecule has 90 valence electrons. The molecule has 0 saturated heterocycles. The summed E-state index contributed by atoms with van der Waals surface area (Å²) in [6.07, 6.45) is 0. The van der Waals surface area contributed by atoms with Gasteiger partial charge in [0.15, 0.2) is 0 Å². The first-order valence-electron chi connectivity index (χ1n) is 5.57. The lowest BCUT2D eigenvalue weighted by atomic mass is 10.2. The lowest BCUT2D eigenvalue weighted by Gasteiger charge is -2.04. The minimum Gasteiger partial charge on any atom is -0.497 e. The summed E-state index contributed by atoms with van der Waals surface area (Å²) in [5.74, 6) is 0.781. The summed E-state index contributed by atoms with van der Waals surface area (Å²) in [5, 5.41) is 0.832. The van der Waals surface area contributed by atoms with Crippen molar-refractivity contribution in [3.63, 3.8) is 0 Å². The van der Waals surface area contributed by atoms with Crippen LogP contribution in [0.25, 0.3) is 0 Å². The highest BCUT2D eigenvalue weighted by Gasteiger charge is 2.21. The predicted octanol–water partition coefficient (Wildman–Crippen LogP) is 3.53. The van der Waals surface area contributed by atoms with Crippen molar-refractivity contribution >= 4 is 21.4 Å². The van der Waals surface area contributed by atoms with E-state index in [-0.39, 0.29) is 0 Å². The number of aliphatic imine (C=N–C) groups is 1. The topological polar surface area (TPSA) is 45.4 Å². The van der Waals surface area contributed by atoms with Gasteiger partial charge in [0.25, 0.3) is 0 Å². The number of fused-ring (bicyclic) bond motifs is 1. The molecule has 0 aliphatic carbocycles. The first-order chi connectivity index (χ1) is 8.79. The fourth-order valence-corrected chi connectivity index (χ4v) is 3.23. The Morgan fingerprint density at radius 3 is 2.61 bits per heavy atom. The van der Waals surface area contributed by atoms with Crippen LogP contribution in [0.2, 0.25) is 0 Å². The summed E-state index contributed by atoms with van der Waals surface area (Å²) >= 11 is 0. The summed E-state index contributed by atoms with van der Waals surface area (Å²) in [6.45, 7) is 0. The average molecular weight is 256 g/mol. The number of methoxy groups -OCH3 is 1. The third kappa shape index (κ3) is 1.75. The standard InChI is InChI=1S/C14H12N2OS/c1-17-11-7-8-12-13(9-11)18(15)14(16-12)10-5-3-2-4-6-10/h2-9,15H,1H3. The average Bonchev–Trinajstić information content (AvgIpc) is 2.77. The summed E-state index contributed by atoms with van der Waals surface area (Å²) in [4.78, 5) is 5.50. The molecule has 0 fully saturated rings. The summed E-state index contributed by atoms with van der Waals surface area (Å²) in [6, 6.07) is 15.6. The Balaban J connectivity index is 2.07. The van der Waals surface area contributed by atoms with Crippen molar-refractivity contribution in [2.75, 3.05) is 7.11 Å². The van der Waals surface area contributed by atoms with E-state index in [9.17, 15) is 0 Å². The van der Waals surface area contributed by atoms with Gasteiger partial charge in [-0.05, 0) is 28.9 Å². The number of benzene rings is 2. The molecule has 1 aliphatic heterocycles. The third-order valence-corrected chi connectivity index (χ3v) is 4.30. The van der Waals surface area contributed by atoms with Gasteiger partial charge in [-0.3, -0.25) is 4.78 Å². The highest BCUT2D eigenvalue weighted by Crippen LogP contribution is 2.35. The molecule has 3 rings (SSSR count). The largest absolute Gasteiger partial charge is 0.497 e. The summed E-state index contributed by atoms with van der Waals surface area (Å²) in [7, 11) is 0.908. The van der Waals surface area contributed by atoms with Gasteiger partial charge >= 0.3 is 0 Å². The van der Waals surface area contributed by atoms with Gasteiger partial charge in [-0.15, -0.1) is 0 Å². The van der Waals surface area contributed by atoms with Gasteiger partial charge in [0.05, 0.1) is 17.7 Å². The molecule has 3 nitrogen and oxygen atoms in total. The van der Waals surface area contributed by atoms with Crippen LogP contribution >= 0.6 is 0 Å². The zero-order chi connectivity index (χ0) is 12.5. The molecule has 0 aromatic heterocycles. The Morgan fingerprint density at radius 1 is 1.11 bits per heavy atom. The number of ether oxygens (including phenoxy) is 1. The van der Waals surface area contributed by atoms with Crippen LogP contribution in [0, 0.1) is 4.78 Å². The fraction of sp³-hybridized carbons (Fsp3) is 0.0714. The third-order valence-electron chi connectivity index (χ3n) is 2.82. The number of nitrogens with zero attached hydrogens (tertiary/aromatic N) is 1. The fourth-order valence-electron chi connectivity index (χ4n) is 1.90. The van der Waals surface area contributed by atoms with E-state index in [1.54, 1.807) is 7.11 Å². The van der Waals surface area contributed by atoms with Crippen LogP contribution in [0.1, 0.15) is 5.56 Å². The predicted molar refractivity (Wildman–Crippen MR) is 74.0 cm³/mol. The molecule has 0 bridgehead atoms.